The molecule has 0 unspecified atom stereocenters. The van der Waals surface area contributed by atoms with Crippen LogP contribution in [0.15, 0.2) is 24.4 Å². The van der Waals surface area contributed by atoms with Crippen LogP contribution in [0.4, 0.5) is 5.69 Å². The minimum atomic E-state index is -0.435. The highest BCUT2D eigenvalue weighted by molar-refractivity contribution is 5.72. The highest BCUT2D eigenvalue weighted by Gasteiger charge is 2.12. The fourth-order valence-electron chi connectivity index (χ4n) is 1.52. The Bertz CT molecular complexity index is 589. The summed E-state index contributed by atoms with van der Waals surface area (Å²) in [6.07, 6.45) is 2.06. The number of hydrogen-bond acceptors (Lipinski definition) is 4. The van der Waals surface area contributed by atoms with E-state index in [1.54, 1.807) is 19.1 Å². The van der Waals surface area contributed by atoms with Crippen LogP contribution >= 0.6 is 0 Å². The summed E-state index contributed by atoms with van der Waals surface area (Å²) in [5, 5.41) is 10.8. The third-order valence-electron chi connectivity index (χ3n) is 2.42. The Morgan fingerprint density at radius 2 is 2.24 bits per heavy atom. The lowest BCUT2D eigenvalue weighted by Gasteiger charge is -2.00. The molecule has 0 bridgehead atoms. The molecule has 0 fully saturated rings. The van der Waals surface area contributed by atoms with Gasteiger partial charge in [-0.25, -0.2) is 4.98 Å². The average Bonchev–Trinajstić information content (AvgIpc) is 2.78. The van der Waals surface area contributed by atoms with Gasteiger partial charge in [0.2, 0.25) is 0 Å². The smallest absolute Gasteiger partial charge is 0.272 e. The van der Waals surface area contributed by atoms with E-state index in [9.17, 15) is 14.9 Å². The van der Waals surface area contributed by atoms with E-state index in [1.807, 2.05) is 0 Å². The fourth-order valence-corrected chi connectivity index (χ4v) is 1.52. The van der Waals surface area contributed by atoms with Crippen molar-refractivity contribution >= 4 is 12.0 Å². The number of benzene rings is 1. The first-order chi connectivity index (χ1) is 8.11. The molecule has 0 saturated carbocycles. The lowest BCUT2D eigenvalue weighted by Crippen LogP contribution is -1.92. The third kappa shape index (κ3) is 2.05. The maximum atomic E-state index is 10.8. The molecule has 2 aromatic rings. The summed E-state index contributed by atoms with van der Waals surface area (Å²) in [7, 11) is 0. The van der Waals surface area contributed by atoms with Crippen molar-refractivity contribution in [2.24, 2.45) is 0 Å². The molecule has 17 heavy (non-hydrogen) atoms. The number of nitro groups is 1. The molecule has 0 saturated heterocycles. The van der Waals surface area contributed by atoms with Crippen LogP contribution in [0.2, 0.25) is 0 Å². The fraction of sp³-hybridized carbons (Fsp3) is 0.0909. The lowest BCUT2D eigenvalue weighted by molar-refractivity contribution is -0.385. The van der Waals surface area contributed by atoms with Gasteiger partial charge in [0.25, 0.3) is 5.69 Å². The Labute approximate surface area is 96.5 Å². The van der Waals surface area contributed by atoms with Gasteiger partial charge in [0.1, 0.15) is 0 Å². The number of hydrogen-bond donors (Lipinski definition) is 1. The summed E-state index contributed by atoms with van der Waals surface area (Å²) in [6, 6.07) is 4.86. The zero-order chi connectivity index (χ0) is 12.4. The van der Waals surface area contributed by atoms with Crippen molar-refractivity contribution in [3.05, 3.63) is 45.9 Å². The van der Waals surface area contributed by atoms with Crippen LogP contribution < -0.4 is 0 Å². The van der Waals surface area contributed by atoms with Gasteiger partial charge in [-0.3, -0.25) is 14.9 Å². The number of aromatic nitrogens is 2. The molecule has 1 N–H and O–H groups in total. The minimum absolute atomic E-state index is 0.0461. The van der Waals surface area contributed by atoms with Gasteiger partial charge in [-0.2, -0.15) is 0 Å². The quantitative estimate of drug-likeness (QED) is 0.497. The molecule has 86 valence electrons. The number of nitro benzene ring substituents is 1. The summed E-state index contributed by atoms with van der Waals surface area (Å²) in [4.78, 5) is 27.4. The van der Waals surface area contributed by atoms with Crippen molar-refractivity contribution in [3.63, 3.8) is 0 Å². The number of carbonyl (C=O) groups is 1. The topological polar surface area (TPSA) is 88.9 Å². The van der Waals surface area contributed by atoms with Gasteiger partial charge in [-0.15, -0.1) is 0 Å². The molecule has 6 nitrogen and oxygen atoms in total. The standard InChI is InChI=1S/C11H9N3O3/c1-7-2-3-8(4-10(7)14(16)17)9-5-12-11(6-15)13-9/h2-6H,1H3,(H,12,13). The molecule has 1 aromatic heterocycles. The van der Waals surface area contributed by atoms with Crippen molar-refractivity contribution in [1.82, 2.24) is 9.97 Å². The molecule has 0 amide bonds. The molecule has 1 heterocycles. The second-order valence-electron chi connectivity index (χ2n) is 3.56. The number of nitrogens with one attached hydrogen (secondary N) is 1. The van der Waals surface area contributed by atoms with Gasteiger partial charge in [-0.1, -0.05) is 12.1 Å². The van der Waals surface area contributed by atoms with Crippen molar-refractivity contribution < 1.29 is 9.72 Å². The third-order valence-corrected chi connectivity index (χ3v) is 2.42. The van der Waals surface area contributed by atoms with Gasteiger partial charge in [0.15, 0.2) is 12.1 Å². The molecule has 1 aromatic carbocycles. The molecule has 6 heteroatoms. The predicted octanol–water partition coefficient (Wildman–Crippen LogP) is 2.11. The van der Waals surface area contributed by atoms with Crippen molar-refractivity contribution in [1.29, 1.82) is 0 Å². The van der Waals surface area contributed by atoms with E-state index in [0.29, 0.717) is 23.1 Å². The SMILES string of the molecule is Cc1ccc(-c2cnc(C=O)[nH]2)cc1[N+](=O)[O-]. The van der Waals surface area contributed by atoms with Crippen LogP contribution in [-0.2, 0) is 0 Å². The van der Waals surface area contributed by atoms with Crippen LogP contribution in [0.5, 0.6) is 0 Å². The van der Waals surface area contributed by atoms with Gasteiger partial charge in [0, 0.05) is 17.2 Å². The highest BCUT2D eigenvalue weighted by atomic mass is 16.6. The van der Waals surface area contributed by atoms with E-state index in [0.717, 1.165) is 0 Å². The molecule has 2 rings (SSSR count). The zero-order valence-electron chi connectivity index (χ0n) is 9.01. The van der Waals surface area contributed by atoms with E-state index >= 15 is 0 Å². The summed E-state index contributed by atoms with van der Waals surface area (Å²) in [5.41, 5.74) is 1.84. The van der Waals surface area contributed by atoms with Crippen molar-refractivity contribution in [2.45, 2.75) is 6.92 Å². The van der Waals surface area contributed by atoms with E-state index in [4.69, 9.17) is 0 Å². The van der Waals surface area contributed by atoms with Crippen LogP contribution in [0.25, 0.3) is 11.3 Å². The predicted molar refractivity (Wildman–Crippen MR) is 60.8 cm³/mol. The van der Waals surface area contributed by atoms with Gasteiger partial charge in [0.05, 0.1) is 16.8 Å². The Balaban J connectivity index is 2.49. The first-order valence-electron chi connectivity index (χ1n) is 4.87. The summed E-state index contributed by atoms with van der Waals surface area (Å²) in [6.45, 7) is 1.67. The van der Waals surface area contributed by atoms with Crippen LogP contribution in [0.3, 0.4) is 0 Å². The molecule has 0 spiro atoms. The Kier molecular flexibility index (Phi) is 2.70. The molecule has 0 aliphatic heterocycles. The first kappa shape index (κ1) is 11.0. The van der Waals surface area contributed by atoms with Gasteiger partial charge >= 0.3 is 0 Å². The number of rotatable bonds is 3. The zero-order valence-corrected chi connectivity index (χ0v) is 9.01. The number of H-pyrrole nitrogens is 1. The molecule has 0 atom stereocenters. The van der Waals surface area contributed by atoms with Crippen LogP contribution in [-0.4, -0.2) is 21.2 Å². The van der Waals surface area contributed by atoms with Gasteiger partial charge in [-0.05, 0) is 6.92 Å². The number of aryl methyl sites for hydroxylation is 1. The number of aromatic amines is 1. The lowest BCUT2D eigenvalue weighted by atomic mass is 10.1. The highest BCUT2D eigenvalue weighted by Crippen LogP contribution is 2.25. The maximum absolute atomic E-state index is 10.8. The van der Waals surface area contributed by atoms with Gasteiger partial charge < -0.3 is 4.98 Å². The molecule has 0 radical (unpaired) electrons. The van der Waals surface area contributed by atoms with E-state index < -0.39 is 4.92 Å². The minimum Gasteiger partial charge on any atom is -0.336 e. The van der Waals surface area contributed by atoms with Crippen molar-refractivity contribution in [2.75, 3.05) is 0 Å². The number of nitrogens with zero attached hydrogens (tertiary/aromatic N) is 2. The first-order valence-corrected chi connectivity index (χ1v) is 4.87. The number of carbonyl (C=O) groups excluding carboxylic acids is 1. The van der Waals surface area contributed by atoms with E-state index in [-0.39, 0.29) is 11.5 Å². The maximum Gasteiger partial charge on any atom is 0.272 e. The van der Waals surface area contributed by atoms with Crippen molar-refractivity contribution in [3.8, 4) is 11.3 Å². The molecule has 0 aliphatic carbocycles. The molecule has 0 aliphatic rings. The van der Waals surface area contributed by atoms with Crippen LogP contribution in [0.1, 0.15) is 16.2 Å². The second kappa shape index (κ2) is 4.17. The largest absolute Gasteiger partial charge is 0.336 e. The Hall–Kier alpha value is -2.50. The van der Waals surface area contributed by atoms with E-state index in [2.05, 4.69) is 9.97 Å². The normalized spacial score (nSPS) is 10.2. The molecular formula is C11H9N3O3. The summed E-state index contributed by atoms with van der Waals surface area (Å²) >= 11 is 0. The average molecular weight is 231 g/mol. The van der Waals surface area contributed by atoms with E-state index in [1.165, 1.54) is 12.3 Å². The number of aldehydes is 1. The monoisotopic (exact) mass is 231 g/mol. The Morgan fingerprint density at radius 1 is 1.47 bits per heavy atom. The van der Waals surface area contributed by atoms with Crippen LogP contribution in [0, 0.1) is 17.0 Å². The molecular weight excluding hydrogens is 222 g/mol. The summed E-state index contributed by atoms with van der Waals surface area (Å²) in [5.74, 6) is 0.197. The summed E-state index contributed by atoms with van der Waals surface area (Å²) < 4.78 is 0. The number of imidazole rings is 1. The Morgan fingerprint density at radius 3 is 2.82 bits per heavy atom. The second-order valence-corrected chi connectivity index (χ2v) is 3.56.